The van der Waals surface area contributed by atoms with Crippen molar-refractivity contribution in [2.24, 2.45) is 5.92 Å². The Morgan fingerprint density at radius 1 is 1.47 bits per heavy atom. The van der Waals surface area contributed by atoms with E-state index in [1.165, 1.54) is 6.42 Å². The molecule has 4 heteroatoms. The van der Waals surface area contributed by atoms with Crippen molar-refractivity contribution in [1.29, 1.82) is 0 Å². The zero-order chi connectivity index (χ0) is 12.5. The van der Waals surface area contributed by atoms with E-state index in [0.29, 0.717) is 25.7 Å². The van der Waals surface area contributed by atoms with E-state index >= 15 is 0 Å². The first-order valence-corrected chi connectivity index (χ1v) is 6.80. The van der Waals surface area contributed by atoms with Crippen molar-refractivity contribution in [2.45, 2.75) is 45.3 Å². The molecule has 1 heterocycles. The number of hydrogen-bond acceptors (Lipinski definition) is 4. The largest absolute Gasteiger partial charge is 0.389 e. The molecule has 0 aromatic carbocycles. The topological polar surface area (TPSA) is 50.7 Å². The summed E-state index contributed by atoms with van der Waals surface area (Å²) in [5, 5.41) is 12.9. The highest BCUT2D eigenvalue weighted by molar-refractivity contribution is 4.65. The van der Waals surface area contributed by atoms with Crippen molar-refractivity contribution in [3.05, 3.63) is 0 Å². The molecule has 3 atom stereocenters. The van der Waals surface area contributed by atoms with Gasteiger partial charge in [-0.25, -0.2) is 0 Å². The molecule has 0 amide bonds. The molecule has 17 heavy (non-hydrogen) atoms. The molecule has 0 radical (unpaired) electrons. The van der Waals surface area contributed by atoms with Gasteiger partial charge in [0, 0.05) is 13.2 Å². The van der Waals surface area contributed by atoms with Gasteiger partial charge in [-0.1, -0.05) is 20.3 Å². The van der Waals surface area contributed by atoms with Crippen LogP contribution in [0.4, 0.5) is 0 Å². The van der Waals surface area contributed by atoms with Gasteiger partial charge >= 0.3 is 0 Å². The second kappa shape index (κ2) is 8.86. The summed E-state index contributed by atoms with van der Waals surface area (Å²) in [6.45, 7) is 7.80. The van der Waals surface area contributed by atoms with E-state index in [-0.39, 0.29) is 6.10 Å². The summed E-state index contributed by atoms with van der Waals surface area (Å²) in [6, 6.07) is 0. The Labute approximate surface area is 105 Å². The number of ether oxygens (including phenoxy) is 2. The number of aliphatic hydroxyl groups is 1. The molecule has 1 aliphatic heterocycles. The van der Waals surface area contributed by atoms with Gasteiger partial charge in [0.2, 0.25) is 0 Å². The number of aliphatic hydroxyl groups excluding tert-OH is 1. The lowest BCUT2D eigenvalue weighted by molar-refractivity contribution is -0.0165. The van der Waals surface area contributed by atoms with Crippen LogP contribution in [0.1, 0.15) is 33.1 Å². The SMILES string of the molecule is CCC(C)CNCC(O)COCC1CCCO1. The summed E-state index contributed by atoms with van der Waals surface area (Å²) in [7, 11) is 0. The Morgan fingerprint density at radius 3 is 2.94 bits per heavy atom. The molecule has 4 nitrogen and oxygen atoms in total. The Hall–Kier alpha value is -0.160. The fraction of sp³-hybridized carbons (Fsp3) is 1.00. The normalized spacial score (nSPS) is 23.8. The van der Waals surface area contributed by atoms with Crippen molar-refractivity contribution in [1.82, 2.24) is 5.32 Å². The van der Waals surface area contributed by atoms with Crippen LogP contribution in [0.5, 0.6) is 0 Å². The molecule has 3 unspecified atom stereocenters. The van der Waals surface area contributed by atoms with Crippen molar-refractivity contribution < 1.29 is 14.6 Å². The summed E-state index contributed by atoms with van der Waals surface area (Å²) in [4.78, 5) is 0. The minimum atomic E-state index is -0.416. The van der Waals surface area contributed by atoms with E-state index in [2.05, 4.69) is 19.2 Å². The number of rotatable bonds is 9. The number of nitrogens with one attached hydrogen (secondary N) is 1. The lowest BCUT2D eigenvalue weighted by Crippen LogP contribution is -2.33. The maximum absolute atomic E-state index is 9.68. The second-order valence-corrected chi connectivity index (χ2v) is 5.00. The highest BCUT2D eigenvalue weighted by atomic mass is 16.5. The van der Waals surface area contributed by atoms with Crippen molar-refractivity contribution in [2.75, 3.05) is 32.9 Å². The quantitative estimate of drug-likeness (QED) is 0.640. The van der Waals surface area contributed by atoms with E-state index in [0.717, 1.165) is 26.0 Å². The summed E-state index contributed by atoms with van der Waals surface area (Å²) in [5.41, 5.74) is 0. The molecule has 0 aromatic heterocycles. The lowest BCUT2D eigenvalue weighted by atomic mass is 10.1. The zero-order valence-corrected chi connectivity index (χ0v) is 11.2. The van der Waals surface area contributed by atoms with Gasteiger partial charge in [0.15, 0.2) is 0 Å². The summed E-state index contributed by atoms with van der Waals surface area (Å²) in [6.07, 6.45) is 3.21. The van der Waals surface area contributed by atoms with Gasteiger partial charge in [0.05, 0.1) is 25.4 Å². The Bertz CT molecular complexity index is 184. The van der Waals surface area contributed by atoms with E-state index in [1.54, 1.807) is 0 Å². The Kier molecular flexibility index (Phi) is 7.77. The third-order valence-electron chi connectivity index (χ3n) is 3.21. The predicted octanol–water partition coefficient (Wildman–Crippen LogP) is 1.18. The molecule has 1 rings (SSSR count). The first kappa shape index (κ1) is 14.9. The van der Waals surface area contributed by atoms with Gasteiger partial charge in [-0.15, -0.1) is 0 Å². The monoisotopic (exact) mass is 245 g/mol. The summed E-state index contributed by atoms with van der Waals surface area (Å²) >= 11 is 0. The van der Waals surface area contributed by atoms with Gasteiger partial charge in [0.1, 0.15) is 0 Å². The van der Waals surface area contributed by atoms with Crippen molar-refractivity contribution >= 4 is 0 Å². The number of hydrogen-bond donors (Lipinski definition) is 2. The zero-order valence-electron chi connectivity index (χ0n) is 11.2. The molecular weight excluding hydrogens is 218 g/mol. The van der Waals surface area contributed by atoms with Crippen molar-refractivity contribution in [3.63, 3.8) is 0 Å². The highest BCUT2D eigenvalue weighted by Crippen LogP contribution is 2.11. The van der Waals surface area contributed by atoms with Gasteiger partial charge in [-0.05, 0) is 25.3 Å². The Morgan fingerprint density at radius 2 is 2.29 bits per heavy atom. The first-order chi connectivity index (χ1) is 8.22. The van der Waals surface area contributed by atoms with Gasteiger partial charge in [0.25, 0.3) is 0 Å². The van der Waals surface area contributed by atoms with E-state index in [1.807, 2.05) is 0 Å². The molecule has 102 valence electrons. The Balaban J connectivity index is 1.91. The standard InChI is InChI=1S/C13H27NO3/c1-3-11(2)7-14-8-12(15)9-16-10-13-5-4-6-17-13/h11-15H,3-10H2,1-2H3. The van der Waals surface area contributed by atoms with Crippen LogP contribution in [-0.2, 0) is 9.47 Å². The van der Waals surface area contributed by atoms with E-state index in [4.69, 9.17) is 9.47 Å². The van der Waals surface area contributed by atoms with E-state index < -0.39 is 6.10 Å². The first-order valence-electron chi connectivity index (χ1n) is 6.80. The highest BCUT2D eigenvalue weighted by Gasteiger charge is 2.16. The minimum absolute atomic E-state index is 0.246. The lowest BCUT2D eigenvalue weighted by Gasteiger charge is -2.16. The van der Waals surface area contributed by atoms with Gasteiger partial charge in [-0.2, -0.15) is 0 Å². The molecule has 1 aliphatic rings. The molecule has 0 saturated carbocycles. The summed E-state index contributed by atoms with van der Waals surface area (Å²) < 4.78 is 10.9. The minimum Gasteiger partial charge on any atom is -0.389 e. The molecule has 2 N–H and O–H groups in total. The third-order valence-corrected chi connectivity index (χ3v) is 3.21. The fourth-order valence-electron chi connectivity index (χ4n) is 1.81. The average molecular weight is 245 g/mol. The van der Waals surface area contributed by atoms with Crippen LogP contribution in [0.3, 0.4) is 0 Å². The molecule has 0 aromatic rings. The molecule has 1 saturated heterocycles. The maximum atomic E-state index is 9.68. The van der Waals surface area contributed by atoms with Crippen LogP contribution < -0.4 is 5.32 Å². The molecule has 0 bridgehead atoms. The van der Waals surface area contributed by atoms with Crippen LogP contribution >= 0.6 is 0 Å². The molecule has 0 spiro atoms. The van der Waals surface area contributed by atoms with Crippen LogP contribution in [-0.4, -0.2) is 50.2 Å². The predicted molar refractivity (Wildman–Crippen MR) is 68.1 cm³/mol. The van der Waals surface area contributed by atoms with Crippen LogP contribution in [0.15, 0.2) is 0 Å². The third kappa shape index (κ3) is 6.99. The molecule has 0 aliphatic carbocycles. The second-order valence-electron chi connectivity index (χ2n) is 5.00. The smallest absolute Gasteiger partial charge is 0.0897 e. The molecular formula is C13H27NO3. The fourth-order valence-corrected chi connectivity index (χ4v) is 1.81. The van der Waals surface area contributed by atoms with Crippen LogP contribution in [0.2, 0.25) is 0 Å². The van der Waals surface area contributed by atoms with Crippen LogP contribution in [0, 0.1) is 5.92 Å². The van der Waals surface area contributed by atoms with Gasteiger partial charge < -0.3 is 19.9 Å². The maximum Gasteiger partial charge on any atom is 0.0897 e. The molecule has 1 fully saturated rings. The van der Waals surface area contributed by atoms with E-state index in [9.17, 15) is 5.11 Å². The van der Waals surface area contributed by atoms with Crippen molar-refractivity contribution in [3.8, 4) is 0 Å². The average Bonchev–Trinajstić information content (AvgIpc) is 2.82. The summed E-state index contributed by atoms with van der Waals surface area (Å²) in [5.74, 6) is 0.662. The van der Waals surface area contributed by atoms with Gasteiger partial charge in [-0.3, -0.25) is 0 Å². The van der Waals surface area contributed by atoms with Crippen LogP contribution in [0.25, 0.3) is 0 Å².